The van der Waals surface area contributed by atoms with Gasteiger partial charge < -0.3 is 4.90 Å². The lowest BCUT2D eigenvalue weighted by Gasteiger charge is -2.38. The van der Waals surface area contributed by atoms with Crippen LogP contribution in [0.1, 0.15) is 39.0 Å². The lowest BCUT2D eigenvalue weighted by Crippen LogP contribution is -2.61. The van der Waals surface area contributed by atoms with Gasteiger partial charge in [-0.3, -0.25) is 0 Å². The summed E-state index contributed by atoms with van der Waals surface area (Å²) in [6.07, 6.45) is -0.437. The van der Waals surface area contributed by atoms with Crippen LogP contribution < -0.4 is 4.90 Å². The molecule has 1 nitrogen and oxygen atoms in total. The summed E-state index contributed by atoms with van der Waals surface area (Å²) in [6.45, 7) is 1.77. The van der Waals surface area contributed by atoms with Crippen molar-refractivity contribution in [1.82, 2.24) is 0 Å². The highest BCUT2D eigenvalue weighted by molar-refractivity contribution is 5.49. The number of unbranched alkanes of at least 4 members (excludes halogenated alkanes) is 3. The lowest BCUT2D eigenvalue weighted by atomic mass is 10.0. The third-order valence-electron chi connectivity index (χ3n) is 3.87. The summed E-state index contributed by atoms with van der Waals surface area (Å²) in [4.78, 5) is -0.661. The molecule has 0 heterocycles. The highest BCUT2D eigenvalue weighted by Gasteiger charge is 2.73. The molecule has 1 aromatic rings. The van der Waals surface area contributed by atoms with Crippen molar-refractivity contribution in [2.24, 2.45) is 0 Å². The summed E-state index contributed by atoms with van der Waals surface area (Å²) in [5, 5.41) is 0. The van der Waals surface area contributed by atoms with E-state index >= 15 is 0 Å². The van der Waals surface area contributed by atoms with Crippen molar-refractivity contribution in [3.8, 4) is 0 Å². The zero-order valence-electron chi connectivity index (χ0n) is 13.7. The molecule has 0 unspecified atom stereocenters. The van der Waals surface area contributed by atoms with E-state index in [1.165, 1.54) is 0 Å². The van der Waals surface area contributed by atoms with Crippen molar-refractivity contribution in [3.05, 3.63) is 29.8 Å². The maximum absolute atomic E-state index is 14.1. The lowest BCUT2D eigenvalue weighted by molar-refractivity contribution is -0.309. The zero-order valence-corrected chi connectivity index (χ0v) is 13.7. The molecule has 144 valence electrons. The second-order valence-electron chi connectivity index (χ2n) is 5.79. The summed E-state index contributed by atoms with van der Waals surface area (Å²) in [5.41, 5.74) is -1.24. The fraction of sp³-hybridized carbons (Fsp3) is 0.625. The molecule has 0 atom stereocenters. The van der Waals surface area contributed by atoms with E-state index in [9.17, 15) is 35.1 Å². The predicted octanol–water partition coefficient (Wildman–Crippen LogP) is 6.23. The third-order valence-corrected chi connectivity index (χ3v) is 3.87. The summed E-state index contributed by atoms with van der Waals surface area (Å²) in [5.74, 6) is -13.4. The molecule has 0 aliphatic rings. The Bertz CT molecular complexity index is 573. The smallest absolute Gasteiger partial charge is 0.308 e. The van der Waals surface area contributed by atoms with Crippen molar-refractivity contribution in [1.29, 1.82) is 0 Å². The monoisotopic (exact) mass is 377 g/mol. The van der Waals surface area contributed by atoms with E-state index in [0.717, 1.165) is 0 Å². The maximum atomic E-state index is 14.1. The summed E-state index contributed by atoms with van der Waals surface area (Å²) in [7, 11) is 0.304. The van der Waals surface area contributed by atoms with E-state index in [1.54, 1.807) is 6.92 Å². The SMILES string of the molecule is CCCCCCC(F)(F)C(F)(F)C(F)(F)N(C)c1cc(F)ccc1F. The second-order valence-corrected chi connectivity index (χ2v) is 5.79. The number of benzene rings is 1. The minimum absolute atomic E-state index is 0.197. The predicted molar refractivity (Wildman–Crippen MR) is 78.4 cm³/mol. The van der Waals surface area contributed by atoms with Crippen LogP contribution in [0.3, 0.4) is 0 Å². The second kappa shape index (κ2) is 7.78. The molecule has 0 bridgehead atoms. The molecule has 0 saturated heterocycles. The van der Waals surface area contributed by atoms with Crippen LogP contribution in [0, 0.1) is 11.6 Å². The molecule has 0 amide bonds. The number of hydrogen-bond acceptors (Lipinski definition) is 1. The Labute approximate surface area is 140 Å². The van der Waals surface area contributed by atoms with Crippen molar-refractivity contribution >= 4 is 5.69 Å². The fourth-order valence-corrected chi connectivity index (χ4v) is 2.26. The average Bonchev–Trinajstić information content (AvgIpc) is 2.52. The van der Waals surface area contributed by atoms with Crippen LogP contribution in [-0.4, -0.2) is 24.9 Å². The number of alkyl halides is 6. The Kier molecular flexibility index (Phi) is 6.69. The van der Waals surface area contributed by atoms with E-state index in [-0.39, 0.29) is 18.9 Å². The largest absolute Gasteiger partial charge is 0.394 e. The molecule has 0 N–H and O–H groups in total. The van der Waals surface area contributed by atoms with Gasteiger partial charge in [0, 0.05) is 19.5 Å². The number of anilines is 1. The van der Waals surface area contributed by atoms with Gasteiger partial charge in [0.15, 0.2) is 0 Å². The molecule has 25 heavy (non-hydrogen) atoms. The van der Waals surface area contributed by atoms with Crippen LogP contribution in [0.15, 0.2) is 18.2 Å². The van der Waals surface area contributed by atoms with E-state index in [1.807, 2.05) is 0 Å². The average molecular weight is 377 g/mol. The van der Waals surface area contributed by atoms with E-state index in [2.05, 4.69) is 0 Å². The Morgan fingerprint density at radius 1 is 0.920 bits per heavy atom. The molecule has 0 radical (unpaired) electrons. The van der Waals surface area contributed by atoms with Crippen molar-refractivity contribution in [2.75, 3.05) is 11.9 Å². The molecule has 0 spiro atoms. The Morgan fingerprint density at radius 3 is 2.08 bits per heavy atom. The maximum Gasteiger partial charge on any atom is 0.394 e. The molecule has 1 aromatic carbocycles. The summed E-state index contributed by atoms with van der Waals surface area (Å²) in [6, 6.07) is -4.17. The minimum atomic E-state index is -5.78. The standard InChI is InChI=1S/C16H19F8N/c1-3-4-5-6-9-14(19,20)15(21,22)16(23,24)25(2)13-10-11(17)7-8-12(13)18/h7-8,10H,3-6,9H2,1-2H3. The first-order chi connectivity index (χ1) is 11.4. The minimum Gasteiger partial charge on any atom is -0.308 e. The molecule has 0 fully saturated rings. The van der Waals surface area contributed by atoms with Gasteiger partial charge in [0.05, 0.1) is 5.69 Å². The zero-order chi connectivity index (χ0) is 19.5. The highest BCUT2D eigenvalue weighted by Crippen LogP contribution is 2.50. The van der Waals surface area contributed by atoms with E-state index < -0.39 is 46.5 Å². The molecular formula is C16H19F8N. The van der Waals surface area contributed by atoms with Gasteiger partial charge in [0.2, 0.25) is 0 Å². The molecule has 0 saturated carbocycles. The number of rotatable bonds is 9. The van der Waals surface area contributed by atoms with Crippen molar-refractivity contribution < 1.29 is 35.1 Å². The van der Waals surface area contributed by atoms with Gasteiger partial charge >= 0.3 is 17.9 Å². The van der Waals surface area contributed by atoms with Crippen LogP contribution in [0.2, 0.25) is 0 Å². The number of hydrogen-bond donors (Lipinski definition) is 0. The highest BCUT2D eigenvalue weighted by atomic mass is 19.3. The Hall–Kier alpha value is -1.54. The topological polar surface area (TPSA) is 3.24 Å². The Morgan fingerprint density at radius 2 is 1.52 bits per heavy atom. The van der Waals surface area contributed by atoms with Crippen LogP contribution in [0.25, 0.3) is 0 Å². The summed E-state index contributed by atoms with van der Waals surface area (Å²) < 4.78 is 110. The van der Waals surface area contributed by atoms with Crippen LogP contribution in [0.5, 0.6) is 0 Å². The first-order valence-electron chi connectivity index (χ1n) is 7.70. The van der Waals surface area contributed by atoms with Gasteiger partial charge in [0.1, 0.15) is 11.6 Å². The molecule has 1 rings (SSSR count). The normalized spacial score (nSPS) is 13.2. The molecule has 0 aliphatic heterocycles. The van der Waals surface area contributed by atoms with Gasteiger partial charge in [-0.15, -0.1) is 0 Å². The molecule has 9 heteroatoms. The van der Waals surface area contributed by atoms with Gasteiger partial charge in [-0.2, -0.15) is 26.3 Å². The first kappa shape index (κ1) is 21.5. The fourth-order valence-electron chi connectivity index (χ4n) is 2.26. The quantitative estimate of drug-likeness (QED) is 0.280. The first-order valence-corrected chi connectivity index (χ1v) is 7.70. The molecule has 0 aliphatic carbocycles. The van der Waals surface area contributed by atoms with Crippen LogP contribution >= 0.6 is 0 Å². The summed E-state index contributed by atoms with van der Waals surface area (Å²) >= 11 is 0. The van der Waals surface area contributed by atoms with E-state index in [0.29, 0.717) is 32.0 Å². The Balaban J connectivity index is 3.09. The van der Waals surface area contributed by atoms with Gasteiger partial charge in [0.25, 0.3) is 0 Å². The van der Waals surface area contributed by atoms with Gasteiger partial charge in [-0.05, 0) is 18.6 Å². The molecular weight excluding hydrogens is 358 g/mol. The molecule has 0 aromatic heterocycles. The van der Waals surface area contributed by atoms with Crippen LogP contribution in [0.4, 0.5) is 40.8 Å². The number of halogens is 8. The van der Waals surface area contributed by atoms with Gasteiger partial charge in [-0.1, -0.05) is 26.2 Å². The number of nitrogens with zero attached hydrogens (tertiary/aromatic N) is 1. The van der Waals surface area contributed by atoms with Gasteiger partial charge in [-0.25, -0.2) is 8.78 Å². The van der Waals surface area contributed by atoms with Crippen molar-refractivity contribution in [2.45, 2.75) is 56.9 Å². The van der Waals surface area contributed by atoms with Crippen LogP contribution in [-0.2, 0) is 0 Å². The third kappa shape index (κ3) is 4.36. The van der Waals surface area contributed by atoms with Crippen molar-refractivity contribution in [3.63, 3.8) is 0 Å². The van der Waals surface area contributed by atoms with E-state index in [4.69, 9.17) is 0 Å².